The van der Waals surface area contributed by atoms with Crippen molar-refractivity contribution in [2.24, 2.45) is 0 Å². The molecule has 32 heavy (non-hydrogen) atoms. The molecule has 0 saturated heterocycles. The molecule has 1 N–H and O–H groups in total. The van der Waals surface area contributed by atoms with Crippen molar-refractivity contribution in [3.63, 3.8) is 0 Å². The van der Waals surface area contributed by atoms with Gasteiger partial charge < -0.3 is 9.84 Å². The molecule has 0 atom stereocenters. The van der Waals surface area contributed by atoms with Gasteiger partial charge in [0.05, 0.1) is 6.61 Å². The first-order valence-electron chi connectivity index (χ1n) is 12.2. The smallest absolute Gasteiger partial charge is 0.333 e. The van der Waals surface area contributed by atoms with Crippen molar-refractivity contribution < 1.29 is 14.6 Å². The van der Waals surface area contributed by atoms with E-state index < -0.39 is 0 Å². The van der Waals surface area contributed by atoms with Crippen molar-refractivity contribution in [1.82, 2.24) is 0 Å². The number of hydrogen-bond donors (Lipinski definition) is 1. The third kappa shape index (κ3) is 6.32. The molecule has 0 amide bonds. The summed E-state index contributed by atoms with van der Waals surface area (Å²) in [6.45, 7) is 8.06. The summed E-state index contributed by atoms with van der Waals surface area (Å²) in [6, 6.07) is 13.7. The lowest BCUT2D eigenvalue weighted by molar-refractivity contribution is -0.138. The summed E-state index contributed by atoms with van der Waals surface area (Å²) < 4.78 is 5.35. The van der Waals surface area contributed by atoms with Gasteiger partial charge in [0.15, 0.2) is 0 Å². The average Bonchev–Trinajstić information content (AvgIpc) is 2.83. The molecule has 1 aliphatic carbocycles. The zero-order valence-electron chi connectivity index (χ0n) is 19.8. The fourth-order valence-electron chi connectivity index (χ4n) is 4.79. The topological polar surface area (TPSA) is 46.5 Å². The van der Waals surface area contributed by atoms with E-state index in [1.807, 2.05) is 0 Å². The molecule has 0 unspecified atom stereocenters. The monoisotopic (exact) mass is 434 g/mol. The summed E-state index contributed by atoms with van der Waals surface area (Å²) in [5.74, 6) is 0.368. The van der Waals surface area contributed by atoms with Gasteiger partial charge in [0.25, 0.3) is 0 Å². The molecule has 2 aromatic rings. The number of aryl methyl sites for hydroxylation is 2. The molecule has 0 heterocycles. The van der Waals surface area contributed by atoms with E-state index in [0.717, 1.165) is 19.3 Å². The molecule has 3 nitrogen and oxygen atoms in total. The van der Waals surface area contributed by atoms with E-state index in [2.05, 4.69) is 49.9 Å². The van der Waals surface area contributed by atoms with Crippen molar-refractivity contribution >= 4 is 5.97 Å². The third-order valence-corrected chi connectivity index (χ3v) is 6.66. The van der Waals surface area contributed by atoms with Gasteiger partial charge in [-0.3, -0.25) is 0 Å². The first-order valence-corrected chi connectivity index (χ1v) is 12.2. The Balaban J connectivity index is 1.85. The van der Waals surface area contributed by atoms with Gasteiger partial charge in [-0.1, -0.05) is 69.2 Å². The van der Waals surface area contributed by atoms with E-state index in [-0.39, 0.29) is 12.6 Å². The van der Waals surface area contributed by atoms with Crippen LogP contribution in [-0.4, -0.2) is 24.3 Å². The second-order valence-electron chi connectivity index (χ2n) is 9.08. The van der Waals surface area contributed by atoms with Gasteiger partial charge in [0.2, 0.25) is 0 Å². The van der Waals surface area contributed by atoms with Gasteiger partial charge in [-0.2, -0.15) is 0 Å². The Hall–Kier alpha value is -2.39. The predicted octanol–water partition coefficient (Wildman–Crippen LogP) is 6.55. The SMILES string of the molecule is C=C(C)C(=O)OCCc1cc(-c2ccc(C3CCCCC3)cc2CC)ccc1CCCO. The standard InChI is InChI=1S/C29H38O3/c1-4-22-19-25(23-9-6-5-7-10-23)14-15-28(22)27-13-12-24(11-8-17-30)26(20-27)16-18-32-29(31)21(2)3/h12-15,19-20,23,30H,2,4-11,16-18H2,1,3H3. The van der Waals surface area contributed by atoms with Gasteiger partial charge in [0, 0.05) is 18.6 Å². The number of carbonyl (C=O) groups is 1. The quantitative estimate of drug-likeness (QED) is 0.341. The van der Waals surface area contributed by atoms with Gasteiger partial charge in [0.1, 0.15) is 0 Å². The van der Waals surface area contributed by atoms with Crippen molar-refractivity contribution in [2.45, 2.75) is 77.6 Å². The number of benzene rings is 2. The van der Waals surface area contributed by atoms with E-state index in [9.17, 15) is 9.90 Å². The van der Waals surface area contributed by atoms with Crippen LogP contribution in [0.5, 0.6) is 0 Å². The molecule has 0 bridgehead atoms. The zero-order valence-corrected chi connectivity index (χ0v) is 19.8. The van der Waals surface area contributed by atoms with Gasteiger partial charge >= 0.3 is 5.97 Å². The molecular formula is C29H38O3. The fourth-order valence-corrected chi connectivity index (χ4v) is 4.79. The van der Waals surface area contributed by atoms with E-state index in [0.29, 0.717) is 24.5 Å². The second-order valence-corrected chi connectivity index (χ2v) is 9.08. The van der Waals surface area contributed by atoms with Crippen LogP contribution in [0.1, 0.15) is 80.5 Å². The summed E-state index contributed by atoms with van der Waals surface area (Å²) in [7, 11) is 0. The summed E-state index contributed by atoms with van der Waals surface area (Å²) in [6.07, 6.45) is 9.93. The van der Waals surface area contributed by atoms with Crippen LogP contribution in [0.15, 0.2) is 48.6 Å². The number of carbonyl (C=O) groups excluding carboxylic acids is 1. The van der Waals surface area contributed by atoms with Crippen molar-refractivity contribution in [1.29, 1.82) is 0 Å². The minimum Gasteiger partial charge on any atom is -0.462 e. The summed E-state index contributed by atoms with van der Waals surface area (Å²) in [4.78, 5) is 11.8. The molecule has 3 heteroatoms. The van der Waals surface area contributed by atoms with Crippen LogP contribution in [-0.2, 0) is 28.8 Å². The first-order chi connectivity index (χ1) is 15.5. The van der Waals surface area contributed by atoms with Crippen molar-refractivity contribution in [3.8, 4) is 11.1 Å². The van der Waals surface area contributed by atoms with Crippen LogP contribution in [0.2, 0.25) is 0 Å². The van der Waals surface area contributed by atoms with Crippen LogP contribution in [0.3, 0.4) is 0 Å². The maximum absolute atomic E-state index is 11.8. The molecule has 0 spiro atoms. The highest BCUT2D eigenvalue weighted by atomic mass is 16.5. The molecule has 1 saturated carbocycles. The summed E-state index contributed by atoms with van der Waals surface area (Å²) >= 11 is 0. The highest BCUT2D eigenvalue weighted by molar-refractivity contribution is 5.86. The lowest BCUT2D eigenvalue weighted by atomic mass is 9.82. The molecule has 1 fully saturated rings. The lowest BCUT2D eigenvalue weighted by Crippen LogP contribution is -2.09. The number of aliphatic hydroxyl groups is 1. The Morgan fingerprint density at radius 1 is 1.03 bits per heavy atom. The van der Waals surface area contributed by atoms with Crippen LogP contribution in [0, 0.1) is 0 Å². The van der Waals surface area contributed by atoms with Crippen molar-refractivity contribution in [3.05, 3.63) is 70.8 Å². The Kier molecular flexibility index (Phi) is 9.11. The molecule has 0 radical (unpaired) electrons. The van der Waals surface area contributed by atoms with E-state index in [1.54, 1.807) is 6.92 Å². The molecule has 2 aromatic carbocycles. The highest BCUT2D eigenvalue weighted by Crippen LogP contribution is 2.36. The molecule has 0 aliphatic heterocycles. The summed E-state index contributed by atoms with van der Waals surface area (Å²) in [5.41, 5.74) is 8.22. The Labute approximate surface area is 193 Å². The Morgan fingerprint density at radius 3 is 2.50 bits per heavy atom. The second kappa shape index (κ2) is 12.0. The van der Waals surface area contributed by atoms with Crippen LogP contribution >= 0.6 is 0 Å². The van der Waals surface area contributed by atoms with Crippen LogP contribution < -0.4 is 0 Å². The molecule has 3 rings (SSSR count). The van der Waals surface area contributed by atoms with Crippen LogP contribution in [0.4, 0.5) is 0 Å². The number of aliphatic hydroxyl groups excluding tert-OH is 1. The van der Waals surface area contributed by atoms with E-state index in [1.165, 1.54) is 65.5 Å². The number of esters is 1. The maximum Gasteiger partial charge on any atom is 0.333 e. The minimum absolute atomic E-state index is 0.175. The lowest BCUT2D eigenvalue weighted by Gasteiger charge is -2.23. The Bertz CT molecular complexity index is 922. The number of rotatable bonds is 10. The Morgan fingerprint density at radius 2 is 1.81 bits per heavy atom. The number of ether oxygens (including phenoxy) is 1. The van der Waals surface area contributed by atoms with Crippen molar-refractivity contribution in [2.75, 3.05) is 13.2 Å². The first kappa shape index (κ1) is 24.3. The normalized spacial score (nSPS) is 14.3. The fraction of sp³-hybridized carbons (Fsp3) is 0.483. The molecule has 1 aliphatic rings. The van der Waals surface area contributed by atoms with Crippen LogP contribution in [0.25, 0.3) is 11.1 Å². The average molecular weight is 435 g/mol. The molecule has 0 aromatic heterocycles. The highest BCUT2D eigenvalue weighted by Gasteiger charge is 2.17. The largest absolute Gasteiger partial charge is 0.462 e. The third-order valence-electron chi connectivity index (χ3n) is 6.66. The predicted molar refractivity (Wildman–Crippen MR) is 132 cm³/mol. The molecular weight excluding hydrogens is 396 g/mol. The number of hydrogen-bond acceptors (Lipinski definition) is 3. The van der Waals surface area contributed by atoms with Gasteiger partial charge in [-0.05, 0) is 78.3 Å². The minimum atomic E-state index is -0.343. The van der Waals surface area contributed by atoms with Gasteiger partial charge in [-0.15, -0.1) is 0 Å². The maximum atomic E-state index is 11.8. The molecule has 172 valence electrons. The zero-order chi connectivity index (χ0) is 22.9. The van der Waals surface area contributed by atoms with E-state index >= 15 is 0 Å². The van der Waals surface area contributed by atoms with E-state index in [4.69, 9.17) is 4.74 Å². The van der Waals surface area contributed by atoms with Gasteiger partial charge in [-0.25, -0.2) is 4.79 Å². The summed E-state index contributed by atoms with van der Waals surface area (Å²) in [5, 5.41) is 9.28.